The van der Waals surface area contributed by atoms with Crippen molar-refractivity contribution >= 4 is 17.6 Å². The third kappa shape index (κ3) is 5.13. The van der Waals surface area contributed by atoms with Gasteiger partial charge in [-0.05, 0) is 29.7 Å². The number of carboxylic acids is 1. The average molecular weight is 373 g/mol. The fraction of sp³-hybridized carbons (Fsp3) is 0.300. The van der Waals surface area contributed by atoms with E-state index in [1.807, 2.05) is 6.07 Å². The molecule has 0 spiro atoms. The first-order chi connectivity index (χ1) is 13.0. The van der Waals surface area contributed by atoms with Gasteiger partial charge >= 0.3 is 5.97 Å². The van der Waals surface area contributed by atoms with Gasteiger partial charge in [0.15, 0.2) is 11.5 Å². The summed E-state index contributed by atoms with van der Waals surface area (Å²) >= 11 is 0. The van der Waals surface area contributed by atoms with Gasteiger partial charge in [-0.25, -0.2) is 0 Å². The van der Waals surface area contributed by atoms with E-state index >= 15 is 0 Å². The second-order valence-electron chi connectivity index (χ2n) is 5.77. The number of para-hydroxylation sites is 1. The highest BCUT2D eigenvalue weighted by Crippen LogP contribution is 2.40. The number of anilines is 1. The Morgan fingerprint density at radius 2 is 1.63 bits per heavy atom. The van der Waals surface area contributed by atoms with Crippen LogP contribution in [0.2, 0.25) is 0 Å². The molecule has 0 fully saturated rings. The molecule has 2 N–H and O–H groups in total. The Morgan fingerprint density at radius 3 is 2.26 bits per heavy atom. The van der Waals surface area contributed by atoms with Crippen molar-refractivity contribution in [3.63, 3.8) is 0 Å². The molecule has 0 saturated carbocycles. The molecule has 0 aliphatic heterocycles. The Kier molecular flexibility index (Phi) is 7.05. The monoisotopic (exact) mass is 373 g/mol. The molecule has 0 atom stereocenters. The Morgan fingerprint density at radius 1 is 0.926 bits per heavy atom. The maximum atomic E-state index is 12.3. The molecule has 144 valence electrons. The van der Waals surface area contributed by atoms with E-state index < -0.39 is 5.97 Å². The number of benzene rings is 2. The summed E-state index contributed by atoms with van der Waals surface area (Å²) < 4.78 is 16.0. The van der Waals surface area contributed by atoms with Gasteiger partial charge in [-0.3, -0.25) is 9.59 Å². The van der Waals surface area contributed by atoms with Gasteiger partial charge in [0.05, 0.1) is 27.8 Å². The normalized spacial score (nSPS) is 10.2. The number of aliphatic carboxylic acids is 1. The summed E-state index contributed by atoms with van der Waals surface area (Å²) in [5.74, 6) is 0.377. The molecule has 2 rings (SSSR count). The molecule has 2 aromatic carbocycles. The molecule has 2 aromatic rings. The van der Waals surface area contributed by atoms with Crippen molar-refractivity contribution in [3.05, 3.63) is 47.5 Å². The van der Waals surface area contributed by atoms with Gasteiger partial charge in [0.2, 0.25) is 11.7 Å². The van der Waals surface area contributed by atoms with E-state index in [0.717, 1.165) is 5.56 Å². The molecule has 7 nitrogen and oxygen atoms in total. The lowest BCUT2D eigenvalue weighted by Gasteiger charge is -2.16. The molecule has 0 aromatic heterocycles. The SMILES string of the molecule is COc1ccc(CCC(=O)Nc2ccccc2CC(=O)O)c(OC)c1OC. The molecule has 0 unspecified atom stereocenters. The topological polar surface area (TPSA) is 94.1 Å². The first kappa shape index (κ1) is 20.1. The van der Waals surface area contributed by atoms with Gasteiger partial charge in [0, 0.05) is 12.1 Å². The smallest absolute Gasteiger partial charge is 0.307 e. The van der Waals surface area contributed by atoms with Crippen LogP contribution in [0.5, 0.6) is 17.2 Å². The molecule has 27 heavy (non-hydrogen) atoms. The number of aryl methyl sites for hydroxylation is 1. The van der Waals surface area contributed by atoms with E-state index in [2.05, 4.69) is 5.32 Å². The lowest BCUT2D eigenvalue weighted by atomic mass is 10.1. The van der Waals surface area contributed by atoms with E-state index in [9.17, 15) is 9.59 Å². The van der Waals surface area contributed by atoms with Crippen LogP contribution in [0, 0.1) is 0 Å². The summed E-state index contributed by atoms with van der Waals surface area (Å²) in [4.78, 5) is 23.3. The zero-order valence-electron chi connectivity index (χ0n) is 15.6. The molecule has 0 aliphatic rings. The fourth-order valence-corrected chi connectivity index (χ4v) is 2.78. The lowest BCUT2D eigenvalue weighted by Crippen LogP contribution is -2.15. The number of ether oxygens (including phenoxy) is 3. The minimum absolute atomic E-state index is 0.153. The van der Waals surface area contributed by atoms with Crippen molar-refractivity contribution in [2.24, 2.45) is 0 Å². The second kappa shape index (κ2) is 9.47. The van der Waals surface area contributed by atoms with E-state index in [4.69, 9.17) is 19.3 Å². The molecule has 0 heterocycles. The predicted molar refractivity (Wildman–Crippen MR) is 101 cm³/mol. The standard InChI is InChI=1S/C20H23NO6/c1-25-16-10-8-13(19(26-2)20(16)27-3)9-11-17(22)21-15-7-5-4-6-14(15)12-18(23)24/h4-8,10H,9,11-12H2,1-3H3,(H,21,22)(H,23,24). The highest BCUT2D eigenvalue weighted by atomic mass is 16.5. The minimum atomic E-state index is -0.952. The van der Waals surface area contributed by atoms with Crippen LogP contribution >= 0.6 is 0 Å². The lowest BCUT2D eigenvalue weighted by molar-refractivity contribution is -0.136. The van der Waals surface area contributed by atoms with Crippen molar-refractivity contribution in [2.75, 3.05) is 26.6 Å². The first-order valence-corrected chi connectivity index (χ1v) is 8.37. The molecule has 1 amide bonds. The predicted octanol–water partition coefficient (Wildman–Crippen LogP) is 2.91. The van der Waals surface area contributed by atoms with Crippen LogP contribution in [0.25, 0.3) is 0 Å². The van der Waals surface area contributed by atoms with Crippen LogP contribution in [-0.4, -0.2) is 38.3 Å². The van der Waals surface area contributed by atoms with E-state index in [1.54, 1.807) is 37.4 Å². The molecular weight excluding hydrogens is 350 g/mol. The number of amides is 1. The third-order valence-electron chi connectivity index (χ3n) is 4.04. The largest absolute Gasteiger partial charge is 0.493 e. The maximum Gasteiger partial charge on any atom is 0.307 e. The zero-order chi connectivity index (χ0) is 19.8. The van der Waals surface area contributed by atoms with Gasteiger partial charge in [0.1, 0.15) is 0 Å². The van der Waals surface area contributed by atoms with Crippen molar-refractivity contribution in [1.29, 1.82) is 0 Å². The Bertz CT molecular complexity index is 818. The number of methoxy groups -OCH3 is 3. The van der Waals surface area contributed by atoms with Crippen molar-refractivity contribution < 1.29 is 28.9 Å². The number of carbonyl (C=O) groups is 2. The Labute approximate surface area is 157 Å². The molecule has 0 radical (unpaired) electrons. The maximum absolute atomic E-state index is 12.3. The highest BCUT2D eigenvalue weighted by Gasteiger charge is 2.17. The summed E-state index contributed by atoms with van der Waals surface area (Å²) in [6, 6.07) is 10.4. The molecule has 0 bridgehead atoms. The summed E-state index contributed by atoms with van der Waals surface area (Å²) in [5, 5.41) is 11.8. The van der Waals surface area contributed by atoms with Crippen molar-refractivity contribution in [1.82, 2.24) is 0 Å². The van der Waals surface area contributed by atoms with Gasteiger partial charge in [0.25, 0.3) is 0 Å². The second-order valence-corrected chi connectivity index (χ2v) is 5.77. The number of carboxylic acid groups (broad SMARTS) is 1. The van der Waals surface area contributed by atoms with Crippen LogP contribution in [-0.2, 0) is 22.4 Å². The van der Waals surface area contributed by atoms with Crippen LogP contribution in [0.3, 0.4) is 0 Å². The van der Waals surface area contributed by atoms with Crippen molar-refractivity contribution in [2.45, 2.75) is 19.3 Å². The van der Waals surface area contributed by atoms with E-state index in [1.165, 1.54) is 14.2 Å². The summed E-state index contributed by atoms with van der Waals surface area (Å²) in [6.07, 6.45) is 0.476. The van der Waals surface area contributed by atoms with Gasteiger partial charge in [-0.1, -0.05) is 24.3 Å². The third-order valence-corrected chi connectivity index (χ3v) is 4.04. The molecule has 0 aliphatic carbocycles. The zero-order valence-corrected chi connectivity index (χ0v) is 15.6. The van der Waals surface area contributed by atoms with Gasteiger partial charge in [-0.2, -0.15) is 0 Å². The van der Waals surface area contributed by atoms with Gasteiger partial charge in [-0.15, -0.1) is 0 Å². The van der Waals surface area contributed by atoms with Crippen molar-refractivity contribution in [3.8, 4) is 17.2 Å². The quantitative estimate of drug-likeness (QED) is 0.702. The summed E-state index contributed by atoms with van der Waals surface area (Å²) in [6.45, 7) is 0. The minimum Gasteiger partial charge on any atom is -0.493 e. The summed E-state index contributed by atoms with van der Waals surface area (Å²) in [5.41, 5.74) is 1.87. The Hall–Kier alpha value is -3.22. The van der Waals surface area contributed by atoms with Crippen LogP contribution < -0.4 is 19.5 Å². The number of nitrogens with one attached hydrogen (secondary N) is 1. The highest BCUT2D eigenvalue weighted by molar-refractivity contribution is 5.92. The van der Waals surface area contributed by atoms with Crippen LogP contribution in [0.1, 0.15) is 17.5 Å². The number of hydrogen-bond acceptors (Lipinski definition) is 5. The van der Waals surface area contributed by atoms with E-state index in [0.29, 0.717) is 34.9 Å². The van der Waals surface area contributed by atoms with Crippen LogP contribution in [0.15, 0.2) is 36.4 Å². The van der Waals surface area contributed by atoms with Gasteiger partial charge < -0.3 is 24.6 Å². The molecule has 0 saturated heterocycles. The Balaban J connectivity index is 2.10. The average Bonchev–Trinajstić information content (AvgIpc) is 2.66. The van der Waals surface area contributed by atoms with Crippen LogP contribution in [0.4, 0.5) is 5.69 Å². The molecule has 7 heteroatoms. The number of carbonyl (C=O) groups excluding carboxylic acids is 1. The summed E-state index contributed by atoms with van der Waals surface area (Å²) in [7, 11) is 4.60. The fourth-order valence-electron chi connectivity index (χ4n) is 2.78. The first-order valence-electron chi connectivity index (χ1n) is 8.37. The number of rotatable bonds is 9. The number of hydrogen-bond donors (Lipinski definition) is 2. The molecular formula is C20H23NO6. The van der Waals surface area contributed by atoms with E-state index in [-0.39, 0.29) is 18.7 Å².